The number of anilines is 3. The molecule has 0 saturated carbocycles. The number of benzene rings is 2. The minimum Gasteiger partial charge on any atom is -0.493 e. The maximum Gasteiger partial charge on any atom is 0.231 e. The van der Waals surface area contributed by atoms with Gasteiger partial charge in [0.2, 0.25) is 18.5 Å². The normalized spacial score (nSPS) is 15.0. The fourth-order valence-corrected chi connectivity index (χ4v) is 5.38. The number of imidazole rings is 1. The molecule has 0 atom stereocenters. The molecule has 12 nitrogen and oxygen atoms in total. The molecule has 2 aromatic heterocycles. The van der Waals surface area contributed by atoms with Crippen molar-refractivity contribution in [3.05, 3.63) is 42.2 Å². The van der Waals surface area contributed by atoms with Crippen LogP contribution < -0.4 is 33.9 Å². The Bertz CT molecular complexity index is 1520. The number of nitrogens with one attached hydrogen (secondary N) is 1. The van der Waals surface area contributed by atoms with Gasteiger partial charge in [-0.1, -0.05) is 6.07 Å². The molecule has 4 heterocycles. The van der Waals surface area contributed by atoms with Crippen LogP contribution in [0.4, 0.5) is 17.5 Å². The van der Waals surface area contributed by atoms with Crippen molar-refractivity contribution in [2.24, 2.45) is 0 Å². The number of rotatable bonds is 9. The lowest BCUT2D eigenvalue weighted by Gasteiger charge is -2.35. The molecule has 12 heteroatoms. The zero-order valence-electron chi connectivity index (χ0n) is 24.0. The van der Waals surface area contributed by atoms with Gasteiger partial charge in [0.15, 0.2) is 40.0 Å². The Morgan fingerprint density at radius 3 is 2.32 bits per heavy atom. The molecule has 0 amide bonds. The highest BCUT2D eigenvalue weighted by Gasteiger charge is 2.26. The van der Waals surface area contributed by atoms with E-state index in [1.54, 1.807) is 27.7 Å². The molecule has 1 saturated heterocycles. The van der Waals surface area contributed by atoms with Gasteiger partial charge in [-0.15, -0.1) is 0 Å². The van der Waals surface area contributed by atoms with Gasteiger partial charge in [0.05, 0.1) is 21.3 Å². The summed E-state index contributed by atoms with van der Waals surface area (Å²) in [6, 6.07) is 10.0. The first kappa shape index (κ1) is 26.8. The molecular formula is C29H35N7O5. The molecule has 2 aliphatic heterocycles. The van der Waals surface area contributed by atoms with E-state index in [4.69, 9.17) is 28.7 Å². The fraction of sp³-hybridized carbons (Fsp3) is 0.414. The summed E-state index contributed by atoms with van der Waals surface area (Å²) in [4.78, 5) is 19.0. The molecule has 1 fully saturated rings. The zero-order chi connectivity index (χ0) is 28.5. The van der Waals surface area contributed by atoms with E-state index in [1.807, 2.05) is 18.2 Å². The molecule has 41 heavy (non-hydrogen) atoms. The summed E-state index contributed by atoms with van der Waals surface area (Å²) < 4.78 is 29.7. The highest BCUT2D eigenvalue weighted by molar-refractivity contribution is 5.88. The van der Waals surface area contributed by atoms with Gasteiger partial charge in [0.25, 0.3) is 0 Å². The zero-order valence-corrected chi connectivity index (χ0v) is 24.0. The monoisotopic (exact) mass is 561 g/mol. The fourth-order valence-electron chi connectivity index (χ4n) is 5.38. The third kappa shape index (κ3) is 5.10. The Hall–Kier alpha value is -4.45. The molecule has 0 radical (unpaired) electrons. The number of hydrogen-bond acceptors (Lipinski definition) is 11. The van der Waals surface area contributed by atoms with Crippen LogP contribution in [0.3, 0.4) is 0 Å². The standard InChI is InChI=1S/C29H35N7O5/c1-18(2)36-28-25(27(30-16-31-28)32-20-13-23(37-3)26(39-5)24(14-20)38-4)33-29(36)35-10-8-34(9-11-35)15-19-6-7-21-22(12-19)41-17-40-21/h6-7,12-14,16,18H,8-11,15,17H2,1-5H3,(H,30,31,32). The Balaban J connectivity index is 1.24. The van der Waals surface area contributed by atoms with Crippen molar-refractivity contribution in [2.75, 3.05) is 64.5 Å². The van der Waals surface area contributed by atoms with E-state index in [2.05, 4.69) is 55.6 Å². The van der Waals surface area contributed by atoms with Crippen LogP contribution in [-0.4, -0.2) is 78.7 Å². The third-order valence-electron chi connectivity index (χ3n) is 7.40. The summed E-state index contributed by atoms with van der Waals surface area (Å²) in [5.41, 5.74) is 3.43. The second kappa shape index (κ2) is 11.2. The van der Waals surface area contributed by atoms with Crippen molar-refractivity contribution in [1.29, 1.82) is 0 Å². The van der Waals surface area contributed by atoms with E-state index in [1.165, 1.54) is 5.56 Å². The summed E-state index contributed by atoms with van der Waals surface area (Å²) in [6.45, 7) is 8.98. The van der Waals surface area contributed by atoms with Crippen molar-refractivity contribution in [1.82, 2.24) is 24.4 Å². The Kier molecular flexibility index (Phi) is 7.31. The number of fused-ring (bicyclic) bond motifs is 2. The van der Waals surface area contributed by atoms with Crippen LogP contribution in [0.5, 0.6) is 28.7 Å². The lowest BCUT2D eigenvalue weighted by atomic mass is 10.1. The number of nitrogens with zero attached hydrogens (tertiary/aromatic N) is 6. The average molecular weight is 562 g/mol. The lowest BCUT2D eigenvalue weighted by Crippen LogP contribution is -2.47. The van der Waals surface area contributed by atoms with E-state index in [0.717, 1.165) is 61.5 Å². The van der Waals surface area contributed by atoms with Gasteiger partial charge in [0, 0.05) is 56.6 Å². The molecule has 0 unspecified atom stereocenters. The molecular weight excluding hydrogens is 526 g/mol. The minimum atomic E-state index is 0.158. The number of piperazine rings is 1. The topological polar surface area (TPSA) is 108 Å². The van der Waals surface area contributed by atoms with Gasteiger partial charge in [0.1, 0.15) is 6.33 Å². The number of aromatic nitrogens is 4. The molecule has 2 aliphatic rings. The predicted molar refractivity (Wildman–Crippen MR) is 155 cm³/mol. The van der Waals surface area contributed by atoms with E-state index in [-0.39, 0.29) is 6.04 Å². The number of hydrogen-bond donors (Lipinski definition) is 1. The van der Waals surface area contributed by atoms with Crippen LogP contribution in [0.15, 0.2) is 36.7 Å². The third-order valence-corrected chi connectivity index (χ3v) is 7.40. The van der Waals surface area contributed by atoms with E-state index < -0.39 is 0 Å². The summed E-state index contributed by atoms with van der Waals surface area (Å²) >= 11 is 0. The average Bonchev–Trinajstić information content (AvgIpc) is 3.62. The van der Waals surface area contributed by atoms with Crippen LogP contribution in [0, 0.1) is 0 Å². The van der Waals surface area contributed by atoms with E-state index in [9.17, 15) is 0 Å². The molecule has 0 bridgehead atoms. The van der Waals surface area contributed by atoms with E-state index >= 15 is 0 Å². The first-order valence-electron chi connectivity index (χ1n) is 13.6. The predicted octanol–water partition coefficient (Wildman–Crippen LogP) is 4.23. The van der Waals surface area contributed by atoms with Gasteiger partial charge in [-0.3, -0.25) is 9.47 Å². The highest BCUT2D eigenvalue weighted by Crippen LogP contribution is 2.41. The summed E-state index contributed by atoms with van der Waals surface area (Å²) in [5.74, 6) is 4.76. The van der Waals surface area contributed by atoms with E-state index in [0.29, 0.717) is 35.4 Å². The molecule has 1 N–H and O–H groups in total. The van der Waals surface area contributed by atoms with Crippen molar-refractivity contribution in [3.63, 3.8) is 0 Å². The molecule has 216 valence electrons. The molecule has 6 rings (SSSR count). The Morgan fingerprint density at radius 1 is 0.902 bits per heavy atom. The minimum absolute atomic E-state index is 0.158. The van der Waals surface area contributed by atoms with Crippen LogP contribution in [0.2, 0.25) is 0 Å². The Labute approximate surface area is 238 Å². The van der Waals surface area contributed by atoms with Crippen molar-refractivity contribution >= 4 is 28.6 Å². The summed E-state index contributed by atoms with van der Waals surface area (Å²) in [7, 11) is 4.77. The molecule has 0 spiro atoms. The molecule has 2 aromatic carbocycles. The maximum absolute atomic E-state index is 5.55. The molecule has 4 aromatic rings. The second-order valence-electron chi connectivity index (χ2n) is 10.3. The SMILES string of the molecule is COc1cc(Nc2ncnc3c2nc(N2CCN(Cc4ccc5c(c4)OCO5)CC2)n3C(C)C)cc(OC)c1OC. The number of ether oxygens (including phenoxy) is 5. The first-order valence-corrected chi connectivity index (χ1v) is 13.6. The van der Waals surface area contributed by atoms with Crippen LogP contribution in [-0.2, 0) is 6.54 Å². The summed E-state index contributed by atoms with van der Waals surface area (Å²) in [6.07, 6.45) is 1.57. The quantitative estimate of drug-likeness (QED) is 0.317. The molecule has 0 aliphatic carbocycles. The van der Waals surface area contributed by atoms with Crippen molar-refractivity contribution in [2.45, 2.75) is 26.4 Å². The largest absolute Gasteiger partial charge is 0.493 e. The summed E-state index contributed by atoms with van der Waals surface area (Å²) in [5, 5.41) is 3.39. The van der Waals surface area contributed by atoms with Gasteiger partial charge in [-0.25, -0.2) is 15.0 Å². The Morgan fingerprint density at radius 2 is 1.63 bits per heavy atom. The lowest BCUT2D eigenvalue weighted by molar-refractivity contribution is 0.174. The van der Waals surface area contributed by atoms with Crippen LogP contribution in [0.25, 0.3) is 11.2 Å². The van der Waals surface area contributed by atoms with Gasteiger partial charge >= 0.3 is 0 Å². The maximum atomic E-state index is 5.55. The van der Waals surface area contributed by atoms with Crippen LogP contribution in [0.1, 0.15) is 25.5 Å². The van der Waals surface area contributed by atoms with Gasteiger partial charge in [-0.05, 0) is 31.5 Å². The van der Waals surface area contributed by atoms with Gasteiger partial charge < -0.3 is 33.9 Å². The van der Waals surface area contributed by atoms with Crippen LogP contribution >= 0.6 is 0 Å². The first-order chi connectivity index (χ1) is 20.0. The smallest absolute Gasteiger partial charge is 0.231 e. The highest BCUT2D eigenvalue weighted by atomic mass is 16.7. The second-order valence-corrected chi connectivity index (χ2v) is 10.3. The number of methoxy groups -OCH3 is 3. The van der Waals surface area contributed by atoms with Gasteiger partial charge in [-0.2, -0.15) is 0 Å². The van der Waals surface area contributed by atoms with Crippen molar-refractivity contribution < 1.29 is 23.7 Å². The van der Waals surface area contributed by atoms with Crippen molar-refractivity contribution in [3.8, 4) is 28.7 Å².